The largest absolute Gasteiger partial charge is 0.481 e. The van der Waals surface area contributed by atoms with Crippen LogP contribution in [0.3, 0.4) is 0 Å². The van der Waals surface area contributed by atoms with Crippen molar-refractivity contribution in [2.45, 2.75) is 90.4 Å². The SMILES string of the molecule is CCCCCC1(C2CCCCC2)CCC(C(=O)O)CC1. The molecule has 0 spiro atoms. The van der Waals surface area contributed by atoms with Crippen molar-refractivity contribution in [1.82, 2.24) is 0 Å². The van der Waals surface area contributed by atoms with Gasteiger partial charge in [0.05, 0.1) is 5.92 Å². The monoisotopic (exact) mass is 280 g/mol. The molecular weight excluding hydrogens is 248 g/mol. The van der Waals surface area contributed by atoms with E-state index in [-0.39, 0.29) is 5.92 Å². The van der Waals surface area contributed by atoms with E-state index < -0.39 is 5.97 Å². The van der Waals surface area contributed by atoms with Crippen LogP contribution in [0, 0.1) is 17.3 Å². The fourth-order valence-corrected chi connectivity index (χ4v) is 4.74. The maximum Gasteiger partial charge on any atom is 0.306 e. The van der Waals surface area contributed by atoms with Gasteiger partial charge in [-0.15, -0.1) is 0 Å². The van der Waals surface area contributed by atoms with E-state index >= 15 is 0 Å². The molecule has 0 aromatic carbocycles. The van der Waals surface area contributed by atoms with Gasteiger partial charge in [-0.05, 0) is 56.3 Å². The van der Waals surface area contributed by atoms with Crippen molar-refractivity contribution >= 4 is 5.97 Å². The zero-order valence-electron chi connectivity index (χ0n) is 13.2. The second-order valence-corrected chi connectivity index (χ2v) is 7.27. The predicted molar refractivity (Wildman–Crippen MR) is 82.7 cm³/mol. The molecule has 0 bridgehead atoms. The Morgan fingerprint density at radius 2 is 1.70 bits per heavy atom. The molecule has 0 aliphatic heterocycles. The van der Waals surface area contributed by atoms with Crippen LogP contribution in [-0.4, -0.2) is 11.1 Å². The maximum atomic E-state index is 11.2. The molecule has 2 aliphatic rings. The molecule has 0 heterocycles. The number of carboxylic acids is 1. The number of unbranched alkanes of at least 4 members (excludes halogenated alkanes) is 2. The highest BCUT2D eigenvalue weighted by molar-refractivity contribution is 5.70. The smallest absolute Gasteiger partial charge is 0.306 e. The molecule has 2 rings (SSSR count). The van der Waals surface area contributed by atoms with Crippen LogP contribution in [0.1, 0.15) is 90.4 Å². The van der Waals surface area contributed by atoms with Crippen LogP contribution < -0.4 is 0 Å². The minimum atomic E-state index is -0.559. The molecule has 0 unspecified atom stereocenters. The summed E-state index contributed by atoms with van der Waals surface area (Å²) in [6.07, 6.45) is 16.6. The van der Waals surface area contributed by atoms with Gasteiger partial charge in [0, 0.05) is 0 Å². The molecule has 116 valence electrons. The Bertz CT molecular complexity index is 297. The molecule has 2 aliphatic carbocycles. The van der Waals surface area contributed by atoms with Crippen LogP contribution in [0.15, 0.2) is 0 Å². The Morgan fingerprint density at radius 1 is 1.05 bits per heavy atom. The van der Waals surface area contributed by atoms with E-state index in [2.05, 4.69) is 6.92 Å². The first-order valence-corrected chi connectivity index (χ1v) is 8.91. The Balaban J connectivity index is 1.99. The van der Waals surface area contributed by atoms with E-state index in [4.69, 9.17) is 0 Å². The number of carbonyl (C=O) groups is 1. The van der Waals surface area contributed by atoms with Gasteiger partial charge in [0.25, 0.3) is 0 Å². The van der Waals surface area contributed by atoms with Crippen molar-refractivity contribution in [1.29, 1.82) is 0 Å². The highest BCUT2D eigenvalue weighted by Gasteiger charge is 2.42. The maximum absolute atomic E-state index is 11.2. The number of hydrogen-bond acceptors (Lipinski definition) is 1. The Kier molecular flexibility index (Phi) is 5.92. The van der Waals surface area contributed by atoms with Crippen LogP contribution in [0.4, 0.5) is 0 Å². The fourth-order valence-electron chi connectivity index (χ4n) is 4.74. The first-order chi connectivity index (χ1) is 9.68. The lowest BCUT2D eigenvalue weighted by molar-refractivity contribution is -0.144. The summed E-state index contributed by atoms with van der Waals surface area (Å²) in [6, 6.07) is 0. The Morgan fingerprint density at radius 3 is 2.25 bits per heavy atom. The molecule has 2 fully saturated rings. The topological polar surface area (TPSA) is 37.3 Å². The standard InChI is InChI=1S/C18H32O2/c1-2-3-7-12-18(16-8-5-4-6-9-16)13-10-15(11-14-18)17(19)20/h15-16H,2-14H2,1H3,(H,19,20). The third-order valence-electron chi connectivity index (χ3n) is 6.08. The third kappa shape index (κ3) is 3.77. The zero-order valence-corrected chi connectivity index (χ0v) is 13.2. The van der Waals surface area contributed by atoms with Gasteiger partial charge in [-0.3, -0.25) is 4.79 Å². The first-order valence-electron chi connectivity index (χ1n) is 8.91. The van der Waals surface area contributed by atoms with E-state index in [1.165, 1.54) is 70.6 Å². The van der Waals surface area contributed by atoms with Gasteiger partial charge in [0.1, 0.15) is 0 Å². The first kappa shape index (κ1) is 15.9. The summed E-state index contributed by atoms with van der Waals surface area (Å²) in [4.78, 5) is 11.2. The number of carboxylic acid groups (broad SMARTS) is 1. The van der Waals surface area contributed by atoms with Crippen LogP contribution in [0.5, 0.6) is 0 Å². The van der Waals surface area contributed by atoms with Crippen molar-refractivity contribution in [2.24, 2.45) is 17.3 Å². The predicted octanol–water partition coefficient (Wildman–Crippen LogP) is 5.41. The summed E-state index contributed by atoms with van der Waals surface area (Å²) in [7, 11) is 0. The molecule has 2 saturated carbocycles. The van der Waals surface area contributed by atoms with E-state index in [0.717, 1.165) is 18.8 Å². The summed E-state index contributed by atoms with van der Waals surface area (Å²) in [5.74, 6) is 0.275. The van der Waals surface area contributed by atoms with Gasteiger partial charge in [0.2, 0.25) is 0 Å². The van der Waals surface area contributed by atoms with E-state index in [1.807, 2.05) is 0 Å². The quantitative estimate of drug-likeness (QED) is 0.661. The molecule has 0 amide bonds. The van der Waals surface area contributed by atoms with Crippen LogP contribution in [0.25, 0.3) is 0 Å². The summed E-state index contributed by atoms with van der Waals surface area (Å²) < 4.78 is 0. The summed E-state index contributed by atoms with van der Waals surface area (Å²) in [5.41, 5.74) is 0.502. The van der Waals surface area contributed by atoms with E-state index in [9.17, 15) is 9.90 Å². The van der Waals surface area contributed by atoms with Crippen LogP contribution in [-0.2, 0) is 4.79 Å². The van der Waals surface area contributed by atoms with Gasteiger partial charge in [0.15, 0.2) is 0 Å². The minimum absolute atomic E-state index is 0.0575. The molecule has 0 radical (unpaired) electrons. The summed E-state index contributed by atoms with van der Waals surface area (Å²) in [6.45, 7) is 2.27. The molecular formula is C18H32O2. The highest BCUT2D eigenvalue weighted by atomic mass is 16.4. The summed E-state index contributed by atoms with van der Waals surface area (Å²) in [5, 5.41) is 9.23. The summed E-state index contributed by atoms with van der Waals surface area (Å²) >= 11 is 0. The molecule has 0 aromatic rings. The number of aliphatic carboxylic acids is 1. The highest BCUT2D eigenvalue weighted by Crippen LogP contribution is 2.52. The van der Waals surface area contributed by atoms with Gasteiger partial charge in [-0.1, -0.05) is 45.4 Å². The third-order valence-corrected chi connectivity index (χ3v) is 6.08. The Hall–Kier alpha value is -0.530. The van der Waals surface area contributed by atoms with Gasteiger partial charge >= 0.3 is 5.97 Å². The van der Waals surface area contributed by atoms with Gasteiger partial charge < -0.3 is 5.11 Å². The van der Waals surface area contributed by atoms with Crippen molar-refractivity contribution in [3.8, 4) is 0 Å². The van der Waals surface area contributed by atoms with Gasteiger partial charge in [-0.25, -0.2) is 0 Å². The fraction of sp³-hybridized carbons (Fsp3) is 0.944. The average Bonchev–Trinajstić information content (AvgIpc) is 2.49. The molecule has 2 nitrogen and oxygen atoms in total. The molecule has 0 aromatic heterocycles. The minimum Gasteiger partial charge on any atom is -0.481 e. The average molecular weight is 280 g/mol. The van der Waals surface area contributed by atoms with Crippen LogP contribution >= 0.6 is 0 Å². The van der Waals surface area contributed by atoms with E-state index in [1.54, 1.807) is 0 Å². The molecule has 0 saturated heterocycles. The number of rotatable bonds is 6. The lowest BCUT2D eigenvalue weighted by Crippen LogP contribution is -2.37. The molecule has 1 N–H and O–H groups in total. The van der Waals surface area contributed by atoms with Crippen molar-refractivity contribution < 1.29 is 9.90 Å². The van der Waals surface area contributed by atoms with Crippen LogP contribution in [0.2, 0.25) is 0 Å². The molecule has 2 heteroatoms. The van der Waals surface area contributed by atoms with Gasteiger partial charge in [-0.2, -0.15) is 0 Å². The normalized spacial score (nSPS) is 32.1. The van der Waals surface area contributed by atoms with Crippen molar-refractivity contribution in [2.75, 3.05) is 0 Å². The Labute approximate surface area is 124 Å². The zero-order chi connectivity index (χ0) is 14.4. The van der Waals surface area contributed by atoms with E-state index in [0.29, 0.717) is 5.41 Å². The second kappa shape index (κ2) is 7.47. The number of hydrogen-bond donors (Lipinski definition) is 1. The second-order valence-electron chi connectivity index (χ2n) is 7.27. The lowest BCUT2D eigenvalue weighted by Gasteiger charge is -2.47. The van der Waals surface area contributed by atoms with Crippen molar-refractivity contribution in [3.05, 3.63) is 0 Å². The molecule has 0 atom stereocenters. The van der Waals surface area contributed by atoms with Crippen molar-refractivity contribution in [3.63, 3.8) is 0 Å². The molecule has 20 heavy (non-hydrogen) atoms. The lowest BCUT2D eigenvalue weighted by atomic mass is 9.58.